The maximum Gasteiger partial charge on any atom is 0.263 e. The minimum absolute atomic E-state index is 0.00805. The first-order chi connectivity index (χ1) is 9.29. The first-order valence-corrected chi connectivity index (χ1v) is 7.61. The number of hydrogen-bond donors (Lipinski definition) is 2. The minimum atomic E-state index is -3.82. The summed E-state index contributed by atoms with van der Waals surface area (Å²) in [6.07, 6.45) is 0. The molecule has 0 amide bonds. The van der Waals surface area contributed by atoms with Crippen molar-refractivity contribution in [2.24, 2.45) is 0 Å². The van der Waals surface area contributed by atoms with Crippen LogP contribution in [-0.4, -0.2) is 18.4 Å². The number of nitrogens with two attached hydrogens (primary N) is 1. The monoisotopic (exact) mass is 332 g/mol. The van der Waals surface area contributed by atoms with Gasteiger partial charge in [-0.1, -0.05) is 23.2 Å². The van der Waals surface area contributed by atoms with Crippen LogP contribution in [0.25, 0.3) is 0 Å². The molecule has 0 saturated carbocycles. The van der Waals surface area contributed by atoms with Crippen molar-refractivity contribution >= 4 is 44.7 Å². The van der Waals surface area contributed by atoms with Crippen molar-refractivity contribution in [3.8, 4) is 0 Å². The van der Waals surface area contributed by atoms with Crippen molar-refractivity contribution in [2.45, 2.75) is 11.8 Å². The second kappa shape index (κ2) is 5.43. The Hall–Kier alpha value is -1.57. The molecule has 20 heavy (non-hydrogen) atoms. The van der Waals surface area contributed by atoms with Gasteiger partial charge in [0.25, 0.3) is 10.0 Å². The van der Waals surface area contributed by atoms with E-state index in [-0.39, 0.29) is 21.6 Å². The van der Waals surface area contributed by atoms with Crippen molar-refractivity contribution < 1.29 is 8.42 Å². The third kappa shape index (κ3) is 3.12. The molecule has 0 aliphatic heterocycles. The van der Waals surface area contributed by atoms with Crippen LogP contribution in [0, 0.1) is 6.92 Å². The number of nitrogens with one attached hydrogen (secondary N) is 1. The predicted molar refractivity (Wildman–Crippen MR) is 78.5 cm³/mol. The number of benzene rings is 1. The Balaban J connectivity index is 2.41. The summed E-state index contributed by atoms with van der Waals surface area (Å²) in [7, 11) is -3.82. The quantitative estimate of drug-likeness (QED) is 0.841. The highest BCUT2D eigenvalue weighted by atomic mass is 35.5. The van der Waals surface area contributed by atoms with Crippen molar-refractivity contribution in [1.29, 1.82) is 0 Å². The molecule has 9 heteroatoms. The van der Waals surface area contributed by atoms with E-state index in [0.29, 0.717) is 10.8 Å². The van der Waals surface area contributed by atoms with Gasteiger partial charge in [0.05, 0.1) is 4.90 Å². The van der Waals surface area contributed by atoms with E-state index < -0.39 is 10.0 Å². The van der Waals surface area contributed by atoms with Gasteiger partial charge < -0.3 is 5.73 Å². The van der Waals surface area contributed by atoms with Crippen LogP contribution in [0.2, 0.25) is 10.2 Å². The molecule has 1 aromatic carbocycles. The Bertz CT molecular complexity index is 748. The molecular formula is C11H10Cl2N4O2S. The summed E-state index contributed by atoms with van der Waals surface area (Å²) in [5.74, 6) is 0.246. The molecule has 0 bridgehead atoms. The summed E-state index contributed by atoms with van der Waals surface area (Å²) >= 11 is 11.5. The number of halogens is 2. The molecule has 1 aromatic heterocycles. The fraction of sp³-hybridized carbons (Fsp3) is 0.0909. The average molecular weight is 333 g/mol. The van der Waals surface area contributed by atoms with Crippen LogP contribution in [0.5, 0.6) is 0 Å². The lowest BCUT2D eigenvalue weighted by Gasteiger charge is -2.10. The zero-order chi connectivity index (χ0) is 14.9. The van der Waals surface area contributed by atoms with Crippen LogP contribution >= 0.6 is 23.2 Å². The van der Waals surface area contributed by atoms with E-state index in [9.17, 15) is 8.42 Å². The van der Waals surface area contributed by atoms with Gasteiger partial charge in [-0.25, -0.2) is 18.4 Å². The zero-order valence-electron chi connectivity index (χ0n) is 10.3. The molecule has 6 nitrogen and oxygen atoms in total. The normalized spacial score (nSPS) is 11.3. The van der Waals surface area contributed by atoms with Crippen LogP contribution in [-0.2, 0) is 10.0 Å². The summed E-state index contributed by atoms with van der Waals surface area (Å²) < 4.78 is 26.6. The number of anilines is 2. The van der Waals surface area contributed by atoms with Crippen molar-refractivity contribution in [3.63, 3.8) is 0 Å². The number of aromatic nitrogens is 2. The molecule has 0 saturated heterocycles. The van der Waals surface area contributed by atoms with Crippen LogP contribution in [0.3, 0.4) is 0 Å². The van der Waals surface area contributed by atoms with Gasteiger partial charge in [0.15, 0.2) is 11.0 Å². The highest BCUT2D eigenvalue weighted by Crippen LogP contribution is 2.26. The molecule has 0 aliphatic carbocycles. The first kappa shape index (κ1) is 14.8. The highest BCUT2D eigenvalue weighted by molar-refractivity contribution is 7.92. The lowest BCUT2D eigenvalue weighted by Crippen LogP contribution is -2.16. The molecular weight excluding hydrogens is 323 g/mol. The van der Waals surface area contributed by atoms with Gasteiger partial charge in [-0.2, -0.15) is 0 Å². The maximum atomic E-state index is 12.2. The van der Waals surface area contributed by atoms with Gasteiger partial charge in [-0.3, -0.25) is 4.72 Å². The van der Waals surface area contributed by atoms with Crippen LogP contribution in [0.1, 0.15) is 5.82 Å². The molecule has 0 unspecified atom stereocenters. The van der Waals surface area contributed by atoms with Crippen LogP contribution in [0.4, 0.5) is 11.5 Å². The number of nitrogens with zero attached hydrogens (tertiary/aromatic N) is 2. The number of hydrogen-bond acceptors (Lipinski definition) is 5. The molecule has 2 aromatic rings. The van der Waals surface area contributed by atoms with Gasteiger partial charge >= 0.3 is 0 Å². The highest BCUT2D eigenvalue weighted by Gasteiger charge is 2.18. The molecule has 3 N–H and O–H groups in total. The largest absolute Gasteiger partial charge is 0.393 e. The predicted octanol–water partition coefficient (Wildman–Crippen LogP) is 2.47. The Morgan fingerprint density at radius 1 is 1.15 bits per heavy atom. The average Bonchev–Trinajstić information content (AvgIpc) is 2.35. The lowest BCUT2D eigenvalue weighted by molar-refractivity contribution is 0.601. The maximum absolute atomic E-state index is 12.2. The Morgan fingerprint density at radius 3 is 2.35 bits per heavy atom. The Labute approximate surface area is 126 Å². The summed E-state index contributed by atoms with van der Waals surface area (Å²) in [6.45, 7) is 1.57. The fourth-order valence-corrected chi connectivity index (χ4v) is 2.78. The van der Waals surface area contributed by atoms with Crippen molar-refractivity contribution in [3.05, 3.63) is 40.3 Å². The molecule has 106 valence electrons. The molecule has 0 aliphatic rings. The number of rotatable bonds is 3. The van der Waals surface area contributed by atoms with E-state index in [4.69, 9.17) is 28.9 Å². The van der Waals surface area contributed by atoms with Crippen molar-refractivity contribution in [1.82, 2.24) is 9.97 Å². The lowest BCUT2D eigenvalue weighted by atomic mass is 10.4. The van der Waals surface area contributed by atoms with Gasteiger partial charge in [0, 0.05) is 5.02 Å². The topological polar surface area (TPSA) is 98.0 Å². The standard InChI is InChI=1S/C11H10Cl2N4O2S/c1-6-15-10(13)9(14)11(16-6)17-20(18,19)8-4-2-7(12)3-5-8/h2-5H,14H2,1H3,(H,15,16,17). The molecule has 2 rings (SSSR count). The number of sulfonamides is 1. The molecule has 0 radical (unpaired) electrons. The zero-order valence-corrected chi connectivity index (χ0v) is 12.6. The van der Waals surface area contributed by atoms with Gasteiger partial charge in [0.2, 0.25) is 0 Å². The number of aryl methyl sites for hydroxylation is 1. The van der Waals surface area contributed by atoms with Crippen molar-refractivity contribution in [2.75, 3.05) is 10.5 Å². The van der Waals surface area contributed by atoms with E-state index in [1.54, 1.807) is 6.92 Å². The van der Waals surface area contributed by atoms with E-state index in [2.05, 4.69) is 14.7 Å². The fourth-order valence-electron chi connectivity index (χ4n) is 1.42. The van der Waals surface area contributed by atoms with E-state index in [1.165, 1.54) is 24.3 Å². The summed E-state index contributed by atoms with van der Waals surface area (Å²) in [5, 5.41) is 0.427. The smallest absolute Gasteiger partial charge is 0.263 e. The second-order valence-electron chi connectivity index (χ2n) is 3.88. The minimum Gasteiger partial charge on any atom is -0.393 e. The van der Waals surface area contributed by atoms with Crippen LogP contribution in [0.15, 0.2) is 29.2 Å². The number of nitrogen functional groups attached to an aromatic ring is 1. The van der Waals surface area contributed by atoms with Gasteiger partial charge in [-0.05, 0) is 31.2 Å². The molecule has 0 atom stereocenters. The third-order valence-corrected chi connectivity index (χ3v) is 4.26. The SMILES string of the molecule is Cc1nc(Cl)c(N)c(NS(=O)(=O)c2ccc(Cl)cc2)n1. The summed E-state index contributed by atoms with van der Waals surface area (Å²) in [6, 6.07) is 5.68. The first-order valence-electron chi connectivity index (χ1n) is 5.37. The Kier molecular flexibility index (Phi) is 4.03. The summed E-state index contributed by atoms with van der Waals surface area (Å²) in [4.78, 5) is 7.79. The van der Waals surface area contributed by atoms with Gasteiger partial charge in [-0.15, -0.1) is 0 Å². The molecule has 0 spiro atoms. The second-order valence-corrected chi connectivity index (χ2v) is 6.36. The molecule has 0 fully saturated rings. The van der Waals surface area contributed by atoms with E-state index >= 15 is 0 Å². The molecule has 1 heterocycles. The van der Waals surface area contributed by atoms with E-state index in [1.807, 2.05) is 0 Å². The van der Waals surface area contributed by atoms with Crippen LogP contribution < -0.4 is 10.5 Å². The third-order valence-electron chi connectivity index (χ3n) is 2.37. The van der Waals surface area contributed by atoms with Gasteiger partial charge in [0.1, 0.15) is 11.5 Å². The van der Waals surface area contributed by atoms with E-state index in [0.717, 1.165) is 0 Å². The summed E-state index contributed by atoms with van der Waals surface area (Å²) in [5.41, 5.74) is 5.62. The Morgan fingerprint density at radius 2 is 1.75 bits per heavy atom.